The van der Waals surface area contributed by atoms with Gasteiger partial charge in [0.2, 0.25) is 0 Å². The van der Waals surface area contributed by atoms with Crippen molar-refractivity contribution in [3.63, 3.8) is 0 Å². The van der Waals surface area contributed by atoms with E-state index < -0.39 is 23.3 Å². The number of thiophene rings is 1. The molecule has 9 rings (SSSR count). The third kappa shape index (κ3) is 6.73. The van der Waals surface area contributed by atoms with Crippen molar-refractivity contribution < 1.29 is 22.7 Å². The summed E-state index contributed by atoms with van der Waals surface area (Å²) < 4.78 is 54.7. The maximum Gasteiger partial charge on any atom is 0.346 e. The normalized spacial score (nSPS) is 23.9. The second kappa shape index (κ2) is 14.9. The van der Waals surface area contributed by atoms with Gasteiger partial charge in [0.15, 0.2) is 11.6 Å². The first-order valence-corrected chi connectivity index (χ1v) is 21.1. The van der Waals surface area contributed by atoms with Crippen molar-refractivity contribution in [1.82, 2.24) is 39.4 Å². The standard InChI is InChI=1S/C41H44ClF3N10O2S/c1-21(2)55(40(56)54-20-48-38(51-54)23-5-6-23)31-9-12-52(16-22(31)3)18-30-26-13-28(42)33(25-7-8-29(44)36-32(25)27(15-46)37(47)58-36)34(45)35(26)50-39(49-30)57-19-41-10-4-11-53(41)17-24(43)14-41/h7-8,13,20-24,31H,4-6,9-12,14,16-19,47H2,1-3H3/t22?,24-,31?,41+/m1/s1. The summed E-state index contributed by atoms with van der Waals surface area (Å²) in [5.74, 6) is -0.260. The molecule has 58 heavy (non-hydrogen) atoms. The average molecular weight is 833 g/mol. The molecule has 4 atom stereocenters. The number of halogens is 4. The highest BCUT2D eigenvalue weighted by Crippen LogP contribution is 2.46. The van der Waals surface area contributed by atoms with Gasteiger partial charge >= 0.3 is 12.0 Å². The summed E-state index contributed by atoms with van der Waals surface area (Å²) in [6.07, 6.45) is 5.36. The van der Waals surface area contributed by atoms with Crippen LogP contribution in [0.25, 0.3) is 32.1 Å². The number of ether oxygens (including phenoxy) is 1. The Labute approximate surface area is 342 Å². The number of likely N-dealkylation sites (tertiary alicyclic amines) is 1. The number of carbonyl (C=O) groups excluding carboxylic acids is 1. The Kier molecular flexibility index (Phi) is 10.0. The number of carbonyl (C=O) groups is 1. The molecule has 0 radical (unpaired) electrons. The zero-order valence-electron chi connectivity index (χ0n) is 32.5. The van der Waals surface area contributed by atoms with Gasteiger partial charge < -0.3 is 15.4 Å². The first kappa shape index (κ1) is 38.9. The van der Waals surface area contributed by atoms with E-state index in [1.54, 1.807) is 6.07 Å². The highest BCUT2D eigenvalue weighted by Gasteiger charge is 2.49. The van der Waals surface area contributed by atoms with Gasteiger partial charge in [0, 0.05) is 66.9 Å². The number of hydrogen-bond acceptors (Lipinski definition) is 11. The fourth-order valence-corrected chi connectivity index (χ4v) is 10.8. The SMILES string of the molecule is CC1CN(Cc2nc(OC[C@@]34CCCN3C[C@H](F)C4)nc3c(F)c(-c4ccc(F)c5sc(N)c(C#N)c45)c(Cl)cc23)CCC1N(C(=O)n1cnc(C2CC2)n1)C(C)C. The maximum absolute atomic E-state index is 17.2. The molecule has 1 saturated carbocycles. The quantitative estimate of drug-likeness (QED) is 0.156. The average Bonchev–Trinajstić information content (AvgIpc) is 3.46. The van der Waals surface area contributed by atoms with Gasteiger partial charge in [-0.05, 0) is 76.1 Å². The number of nitriles is 1. The second-order valence-corrected chi connectivity index (χ2v) is 18.1. The van der Waals surface area contributed by atoms with E-state index in [0.717, 1.165) is 43.6 Å². The minimum absolute atomic E-state index is 0.0293. The molecule has 17 heteroatoms. The van der Waals surface area contributed by atoms with Crippen molar-refractivity contribution in [2.45, 2.75) is 95.6 Å². The van der Waals surface area contributed by atoms with Gasteiger partial charge in [-0.2, -0.15) is 19.9 Å². The number of aromatic nitrogens is 5. The summed E-state index contributed by atoms with van der Waals surface area (Å²) >= 11 is 7.85. The topological polar surface area (TPSA) is 142 Å². The van der Waals surface area contributed by atoms with Gasteiger partial charge in [0.05, 0.1) is 26.5 Å². The number of hydrogen-bond donors (Lipinski definition) is 1. The number of benzene rings is 2. The number of nitrogens with two attached hydrogens (primary N) is 1. The van der Waals surface area contributed by atoms with E-state index in [1.165, 1.54) is 23.1 Å². The first-order chi connectivity index (χ1) is 27.9. The number of fused-ring (bicyclic) bond motifs is 3. The third-order valence-electron chi connectivity index (χ3n) is 12.5. The molecule has 3 aromatic heterocycles. The lowest BCUT2D eigenvalue weighted by atomic mass is 9.91. The summed E-state index contributed by atoms with van der Waals surface area (Å²) in [7, 11) is 0. The molecule has 2 N–H and O–H groups in total. The number of piperidine rings is 1. The summed E-state index contributed by atoms with van der Waals surface area (Å²) in [5.41, 5.74) is 6.27. The number of nitrogens with zero attached hydrogens (tertiary/aromatic N) is 9. The molecule has 5 aromatic rings. The van der Waals surface area contributed by atoms with E-state index in [2.05, 4.69) is 31.8 Å². The second-order valence-electron chi connectivity index (χ2n) is 16.7. The minimum Gasteiger partial charge on any atom is -0.461 e. The van der Waals surface area contributed by atoms with Crippen LogP contribution in [0.1, 0.15) is 82.3 Å². The molecule has 3 aliphatic heterocycles. The van der Waals surface area contributed by atoms with Crippen LogP contribution in [0.15, 0.2) is 24.5 Å². The van der Waals surface area contributed by atoms with Crippen LogP contribution in [-0.4, -0.2) is 102 Å². The molecule has 1 amide bonds. The van der Waals surface area contributed by atoms with Gasteiger partial charge in [-0.25, -0.2) is 22.9 Å². The fourth-order valence-electron chi connectivity index (χ4n) is 9.57. The van der Waals surface area contributed by atoms with Crippen LogP contribution in [0.4, 0.5) is 23.0 Å². The first-order valence-electron chi connectivity index (χ1n) is 19.9. The molecule has 4 aliphatic rings. The Bertz CT molecular complexity index is 2490. The molecule has 2 aromatic carbocycles. The molecule has 4 fully saturated rings. The molecular weight excluding hydrogens is 789 g/mol. The molecule has 0 bridgehead atoms. The Morgan fingerprint density at radius 2 is 2.02 bits per heavy atom. The third-order valence-corrected chi connectivity index (χ3v) is 13.8. The lowest BCUT2D eigenvalue weighted by Gasteiger charge is -2.44. The summed E-state index contributed by atoms with van der Waals surface area (Å²) in [4.78, 5) is 33.9. The zero-order valence-corrected chi connectivity index (χ0v) is 34.1. The Morgan fingerprint density at radius 1 is 1.21 bits per heavy atom. The molecule has 3 saturated heterocycles. The van der Waals surface area contributed by atoms with Crippen LogP contribution in [-0.2, 0) is 6.54 Å². The van der Waals surface area contributed by atoms with Gasteiger partial charge in [-0.3, -0.25) is 9.80 Å². The maximum atomic E-state index is 17.2. The van der Waals surface area contributed by atoms with Crippen LogP contribution < -0.4 is 10.5 Å². The lowest BCUT2D eigenvalue weighted by molar-refractivity contribution is 0.0617. The van der Waals surface area contributed by atoms with Crippen LogP contribution in [0.2, 0.25) is 5.02 Å². The smallest absolute Gasteiger partial charge is 0.346 e. The van der Waals surface area contributed by atoms with Crippen molar-refractivity contribution in [2.24, 2.45) is 5.92 Å². The molecule has 6 heterocycles. The molecule has 12 nitrogen and oxygen atoms in total. The van der Waals surface area contributed by atoms with Crippen molar-refractivity contribution >= 4 is 55.0 Å². The zero-order chi connectivity index (χ0) is 40.6. The number of nitrogen functional groups attached to an aromatic ring is 1. The van der Waals surface area contributed by atoms with E-state index in [4.69, 9.17) is 27.1 Å². The predicted molar refractivity (Wildman–Crippen MR) is 216 cm³/mol. The number of alkyl halides is 1. The monoisotopic (exact) mass is 832 g/mol. The lowest BCUT2D eigenvalue weighted by Crippen LogP contribution is -2.55. The fraction of sp³-hybridized carbons (Fsp3) is 0.512. The van der Waals surface area contributed by atoms with Crippen molar-refractivity contribution in [3.05, 3.63) is 58.3 Å². The molecule has 304 valence electrons. The van der Waals surface area contributed by atoms with Gasteiger partial charge in [-0.15, -0.1) is 16.4 Å². The highest BCUT2D eigenvalue weighted by molar-refractivity contribution is 7.23. The van der Waals surface area contributed by atoms with Gasteiger partial charge in [-0.1, -0.05) is 24.6 Å². The highest BCUT2D eigenvalue weighted by atomic mass is 35.5. The van der Waals surface area contributed by atoms with E-state index in [9.17, 15) is 14.4 Å². The van der Waals surface area contributed by atoms with Crippen molar-refractivity contribution in [1.29, 1.82) is 5.26 Å². The van der Waals surface area contributed by atoms with Crippen molar-refractivity contribution in [2.75, 3.05) is 38.5 Å². The predicted octanol–water partition coefficient (Wildman–Crippen LogP) is 7.91. The Hall–Kier alpha value is -4.56. The van der Waals surface area contributed by atoms with E-state index >= 15 is 8.78 Å². The van der Waals surface area contributed by atoms with Gasteiger partial charge in [0.1, 0.15) is 41.5 Å². The largest absolute Gasteiger partial charge is 0.461 e. The summed E-state index contributed by atoms with van der Waals surface area (Å²) in [6, 6.07) is 5.87. The van der Waals surface area contributed by atoms with Gasteiger partial charge in [0.25, 0.3) is 0 Å². The van der Waals surface area contributed by atoms with Crippen LogP contribution >= 0.6 is 22.9 Å². The molecule has 2 unspecified atom stereocenters. The molecule has 0 spiro atoms. The number of anilines is 1. The Balaban J connectivity index is 1.06. The molecule has 1 aliphatic carbocycles. The van der Waals surface area contributed by atoms with Crippen molar-refractivity contribution in [3.8, 4) is 23.2 Å². The van der Waals surface area contributed by atoms with E-state index in [0.29, 0.717) is 61.8 Å². The summed E-state index contributed by atoms with van der Waals surface area (Å²) in [5, 5.41) is 15.2. The minimum atomic E-state index is -0.959. The summed E-state index contributed by atoms with van der Waals surface area (Å²) in [6.45, 7) is 8.94. The van der Waals surface area contributed by atoms with Crippen LogP contribution in [0.3, 0.4) is 0 Å². The number of amides is 1. The number of rotatable bonds is 9. The Morgan fingerprint density at radius 3 is 2.76 bits per heavy atom. The van der Waals surface area contributed by atoms with Crippen LogP contribution in [0, 0.1) is 28.9 Å². The molecular formula is C41H44ClF3N10O2S. The van der Waals surface area contributed by atoms with Crippen LogP contribution in [0.5, 0.6) is 6.01 Å². The van der Waals surface area contributed by atoms with E-state index in [-0.39, 0.29) is 79.0 Å². The van der Waals surface area contributed by atoms with E-state index in [1.807, 2.05) is 24.8 Å².